The van der Waals surface area contributed by atoms with Gasteiger partial charge in [0.1, 0.15) is 0 Å². The molecule has 26 heavy (non-hydrogen) atoms. The van der Waals surface area contributed by atoms with E-state index < -0.39 is 20.9 Å². The standard InChI is InChI=1S/C17H17N3O5S/c1-11-8-13-9-12(6-7-16(13)19(11)26(2,24)25)17(21)18-14-4-3-5-15(10-14)20(22)23/h3-7,9-11H,8H2,1-2H3,(H,18,21)/t11-/m0/s1. The summed E-state index contributed by atoms with van der Waals surface area (Å²) in [5.41, 5.74) is 1.91. The van der Waals surface area contributed by atoms with Gasteiger partial charge in [-0.2, -0.15) is 0 Å². The van der Waals surface area contributed by atoms with E-state index in [4.69, 9.17) is 0 Å². The summed E-state index contributed by atoms with van der Waals surface area (Å²) in [5.74, 6) is -0.418. The molecule has 9 heteroatoms. The average molecular weight is 375 g/mol. The summed E-state index contributed by atoms with van der Waals surface area (Å²) < 4.78 is 25.2. The molecule has 1 amide bonds. The third-order valence-corrected chi connectivity index (χ3v) is 5.44. The molecule has 0 aromatic heterocycles. The molecule has 0 fully saturated rings. The predicted octanol–water partition coefficient (Wildman–Crippen LogP) is 2.56. The molecule has 1 N–H and O–H groups in total. The minimum atomic E-state index is -3.39. The molecule has 0 aliphatic carbocycles. The molecule has 1 aliphatic rings. The van der Waals surface area contributed by atoms with E-state index in [1.165, 1.54) is 22.5 Å². The van der Waals surface area contributed by atoms with Crippen molar-refractivity contribution in [3.63, 3.8) is 0 Å². The van der Waals surface area contributed by atoms with E-state index in [2.05, 4.69) is 5.32 Å². The molecule has 2 aromatic rings. The number of hydrogen-bond donors (Lipinski definition) is 1. The summed E-state index contributed by atoms with van der Waals surface area (Å²) in [4.78, 5) is 22.7. The second-order valence-corrected chi connectivity index (χ2v) is 8.08. The zero-order valence-electron chi connectivity index (χ0n) is 14.2. The Labute approximate surface area is 150 Å². The number of nitro benzene ring substituents is 1. The van der Waals surface area contributed by atoms with Crippen LogP contribution in [-0.4, -0.2) is 31.5 Å². The fourth-order valence-electron chi connectivity index (χ4n) is 3.15. The Bertz CT molecular complexity index is 1000. The summed E-state index contributed by atoms with van der Waals surface area (Å²) in [6.45, 7) is 1.81. The minimum Gasteiger partial charge on any atom is -0.322 e. The molecule has 0 saturated heterocycles. The summed E-state index contributed by atoms with van der Waals surface area (Å²) in [7, 11) is -3.39. The fraction of sp³-hybridized carbons (Fsp3) is 0.235. The second-order valence-electron chi connectivity index (χ2n) is 6.22. The van der Waals surface area contributed by atoms with Gasteiger partial charge in [-0.25, -0.2) is 8.42 Å². The van der Waals surface area contributed by atoms with Crippen LogP contribution < -0.4 is 9.62 Å². The van der Waals surface area contributed by atoms with Gasteiger partial charge < -0.3 is 5.32 Å². The summed E-state index contributed by atoms with van der Waals surface area (Å²) in [6.07, 6.45) is 1.67. The number of nitrogens with one attached hydrogen (secondary N) is 1. The van der Waals surface area contributed by atoms with Gasteiger partial charge >= 0.3 is 0 Å². The van der Waals surface area contributed by atoms with Crippen molar-refractivity contribution in [1.29, 1.82) is 0 Å². The first kappa shape index (κ1) is 17.9. The Morgan fingerprint density at radius 3 is 2.65 bits per heavy atom. The van der Waals surface area contributed by atoms with E-state index in [0.29, 0.717) is 23.4 Å². The van der Waals surface area contributed by atoms with Crippen LogP contribution in [0.2, 0.25) is 0 Å². The van der Waals surface area contributed by atoms with Crippen molar-refractivity contribution in [1.82, 2.24) is 0 Å². The number of sulfonamides is 1. The molecule has 1 heterocycles. The molecule has 0 saturated carbocycles. The van der Waals surface area contributed by atoms with Crippen LogP contribution in [0.3, 0.4) is 0 Å². The monoisotopic (exact) mass is 375 g/mol. The van der Waals surface area contributed by atoms with Crippen LogP contribution in [0.1, 0.15) is 22.8 Å². The van der Waals surface area contributed by atoms with Gasteiger partial charge in [-0.1, -0.05) is 6.07 Å². The van der Waals surface area contributed by atoms with Gasteiger partial charge in [0.15, 0.2) is 0 Å². The normalized spacial score (nSPS) is 16.2. The third-order valence-electron chi connectivity index (χ3n) is 4.17. The van der Waals surface area contributed by atoms with Crippen molar-refractivity contribution >= 4 is 33.0 Å². The molecule has 2 aromatic carbocycles. The zero-order chi connectivity index (χ0) is 19.1. The van der Waals surface area contributed by atoms with Crippen LogP contribution in [-0.2, 0) is 16.4 Å². The molecular formula is C17H17N3O5S. The number of hydrogen-bond acceptors (Lipinski definition) is 5. The molecule has 8 nitrogen and oxygen atoms in total. The maximum Gasteiger partial charge on any atom is 0.271 e. The van der Waals surface area contributed by atoms with Crippen LogP contribution in [0.4, 0.5) is 17.1 Å². The SMILES string of the molecule is C[C@H]1Cc2cc(C(=O)Nc3cccc([N+](=O)[O-])c3)ccc2N1S(C)(=O)=O. The first-order chi connectivity index (χ1) is 12.2. The Morgan fingerprint density at radius 1 is 1.27 bits per heavy atom. The van der Waals surface area contributed by atoms with E-state index in [1.807, 2.05) is 6.92 Å². The summed E-state index contributed by atoms with van der Waals surface area (Å²) >= 11 is 0. The maximum absolute atomic E-state index is 12.4. The lowest BCUT2D eigenvalue weighted by Crippen LogP contribution is -2.34. The highest BCUT2D eigenvalue weighted by Gasteiger charge is 2.32. The van der Waals surface area contributed by atoms with Gasteiger partial charge in [0.25, 0.3) is 11.6 Å². The molecule has 0 radical (unpaired) electrons. The predicted molar refractivity (Wildman–Crippen MR) is 98.0 cm³/mol. The highest BCUT2D eigenvalue weighted by atomic mass is 32.2. The van der Waals surface area contributed by atoms with Gasteiger partial charge in [-0.05, 0) is 43.2 Å². The Kier molecular flexibility index (Phi) is 4.41. The Hall–Kier alpha value is -2.94. The number of non-ortho nitro benzene ring substituents is 1. The van der Waals surface area contributed by atoms with Crippen molar-refractivity contribution in [3.8, 4) is 0 Å². The molecule has 136 valence electrons. The van der Waals surface area contributed by atoms with Crippen LogP contribution in [0.25, 0.3) is 0 Å². The van der Waals surface area contributed by atoms with E-state index in [0.717, 1.165) is 11.8 Å². The highest BCUT2D eigenvalue weighted by molar-refractivity contribution is 7.92. The van der Waals surface area contributed by atoms with Gasteiger partial charge in [-0.15, -0.1) is 0 Å². The topological polar surface area (TPSA) is 110 Å². The van der Waals surface area contributed by atoms with Crippen LogP contribution in [0.5, 0.6) is 0 Å². The molecule has 3 rings (SSSR count). The minimum absolute atomic E-state index is 0.116. The van der Waals surface area contributed by atoms with Crippen molar-refractivity contribution < 1.29 is 18.1 Å². The summed E-state index contributed by atoms with van der Waals surface area (Å²) in [6, 6.07) is 10.3. The Morgan fingerprint density at radius 2 is 2.00 bits per heavy atom. The third kappa shape index (κ3) is 3.38. The lowest BCUT2D eigenvalue weighted by Gasteiger charge is -2.21. The largest absolute Gasteiger partial charge is 0.322 e. The number of rotatable bonds is 4. The number of benzene rings is 2. The molecule has 0 bridgehead atoms. The molecule has 1 aliphatic heterocycles. The van der Waals surface area contributed by atoms with E-state index >= 15 is 0 Å². The van der Waals surface area contributed by atoms with Crippen molar-refractivity contribution in [2.75, 3.05) is 15.9 Å². The number of anilines is 2. The van der Waals surface area contributed by atoms with E-state index in [9.17, 15) is 23.3 Å². The van der Waals surface area contributed by atoms with Crippen LogP contribution in [0.15, 0.2) is 42.5 Å². The first-order valence-corrected chi connectivity index (χ1v) is 9.70. The first-order valence-electron chi connectivity index (χ1n) is 7.85. The number of carbonyl (C=O) groups is 1. The summed E-state index contributed by atoms with van der Waals surface area (Å²) in [5, 5.41) is 13.4. The van der Waals surface area contributed by atoms with Gasteiger partial charge in [0, 0.05) is 29.4 Å². The van der Waals surface area contributed by atoms with Crippen LogP contribution in [0, 0.1) is 10.1 Å². The number of amides is 1. The van der Waals surface area contributed by atoms with Crippen molar-refractivity contribution in [2.45, 2.75) is 19.4 Å². The molecule has 0 unspecified atom stereocenters. The van der Waals surface area contributed by atoms with E-state index in [-0.39, 0.29) is 11.7 Å². The smallest absolute Gasteiger partial charge is 0.271 e. The lowest BCUT2D eigenvalue weighted by atomic mass is 10.1. The molecule has 0 spiro atoms. The number of carbonyl (C=O) groups excluding carboxylic acids is 1. The number of fused-ring (bicyclic) bond motifs is 1. The van der Waals surface area contributed by atoms with Crippen molar-refractivity contribution in [2.24, 2.45) is 0 Å². The molecule has 1 atom stereocenters. The second kappa shape index (κ2) is 6.41. The van der Waals surface area contributed by atoms with Crippen molar-refractivity contribution in [3.05, 3.63) is 63.7 Å². The van der Waals surface area contributed by atoms with E-state index in [1.54, 1.807) is 24.3 Å². The maximum atomic E-state index is 12.4. The average Bonchev–Trinajstić information content (AvgIpc) is 2.89. The quantitative estimate of drug-likeness (QED) is 0.652. The van der Waals surface area contributed by atoms with Gasteiger partial charge in [-0.3, -0.25) is 19.2 Å². The van der Waals surface area contributed by atoms with Gasteiger partial charge in [0.2, 0.25) is 10.0 Å². The Balaban J connectivity index is 1.86. The highest BCUT2D eigenvalue weighted by Crippen LogP contribution is 2.34. The van der Waals surface area contributed by atoms with Crippen LogP contribution >= 0.6 is 0 Å². The fourth-order valence-corrected chi connectivity index (χ4v) is 4.41. The van der Waals surface area contributed by atoms with Gasteiger partial charge in [0.05, 0.1) is 16.9 Å². The number of nitro groups is 1. The lowest BCUT2D eigenvalue weighted by molar-refractivity contribution is -0.384. The number of nitrogens with zero attached hydrogens (tertiary/aromatic N) is 2. The zero-order valence-corrected chi connectivity index (χ0v) is 15.0. The molecular weight excluding hydrogens is 358 g/mol.